The van der Waals surface area contributed by atoms with Gasteiger partial charge in [-0.25, -0.2) is 0 Å². The van der Waals surface area contributed by atoms with Gasteiger partial charge in [0.2, 0.25) is 0 Å². The first-order valence-corrected chi connectivity index (χ1v) is 8.58. The minimum absolute atomic E-state index is 0.531. The topological polar surface area (TPSA) is 39.7 Å². The maximum atomic E-state index is 5.75. The summed E-state index contributed by atoms with van der Waals surface area (Å²) in [5, 5.41) is 3.53. The van der Waals surface area contributed by atoms with Gasteiger partial charge >= 0.3 is 0 Å². The van der Waals surface area contributed by atoms with Crippen molar-refractivity contribution in [2.24, 2.45) is 0 Å². The van der Waals surface area contributed by atoms with Crippen LogP contribution < -0.4 is 14.8 Å². The molecule has 0 aromatic heterocycles. The molecule has 0 amide bonds. The van der Waals surface area contributed by atoms with Gasteiger partial charge < -0.3 is 19.5 Å². The van der Waals surface area contributed by atoms with E-state index in [2.05, 4.69) is 5.32 Å². The average Bonchev–Trinajstić information content (AvgIpc) is 3.08. The van der Waals surface area contributed by atoms with E-state index < -0.39 is 0 Å². The summed E-state index contributed by atoms with van der Waals surface area (Å²) in [6.07, 6.45) is 9.38. The summed E-state index contributed by atoms with van der Waals surface area (Å²) in [6.45, 7) is 4.77. The number of benzene rings is 1. The summed E-state index contributed by atoms with van der Waals surface area (Å²) in [6, 6.07) is 6.64. The normalized spacial score (nSPS) is 15.4. The average molecular weight is 319 g/mol. The maximum absolute atomic E-state index is 5.75. The molecule has 1 fully saturated rings. The van der Waals surface area contributed by atoms with E-state index in [-0.39, 0.29) is 0 Å². The van der Waals surface area contributed by atoms with Crippen LogP contribution in [0.15, 0.2) is 24.3 Å². The first-order chi connectivity index (χ1) is 11.3. The number of allylic oxidation sites excluding steroid dienone is 1. The molecule has 2 rings (SSSR count). The summed E-state index contributed by atoms with van der Waals surface area (Å²) in [7, 11) is 1.66. The SMILES string of the molecule is CC=Cc1ccc(OCCOCCNC2CCCC2)c(OC)c1. The van der Waals surface area contributed by atoms with Gasteiger partial charge in [0.05, 0.1) is 20.3 Å². The van der Waals surface area contributed by atoms with Gasteiger partial charge in [-0.1, -0.05) is 31.1 Å². The van der Waals surface area contributed by atoms with Crippen molar-refractivity contribution in [1.29, 1.82) is 0 Å². The van der Waals surface area contributed by atoms with Crippen molar-refractivity contribution >= 4 is 6.08 Å². The lowest BCUT2D eigenvalue weighted by atomic mass is 10.2. The van der Waals surface area contributed by atoms with E-state index in [1.165, 1.54) is 25.7 Å². The molecule has 0 aliphatic heterocycles. The van der Waals surface area contributed by atoms with E-state index in [0.29, 0.717) is 19.3 Å². The molecular weight excluding hydrogens is 290 g/mol. The van der Waals surface area contributed by atoms with Crippen molar-refractivity contribution in [2.45, 2.75) is 38.6 Å². The van der Waals surface area contributed by atoms with E-state index in [4.69, 9.17) is 14.2 Å². The summed E-state index contributed by atoms with van der Waals surface area (Å²) in [5.41, 5.74) is 1.10. The van der Waals surface area contributed by atoms with Crippen LogP contribution in [0.5, 0.6) is 11.5 Å². The van der Waals surface area contributed by atoms with E-state index >= 15 is 0 Å². The Hall–Kier alpha value is -1.52. The number of hydrogen-bond donors (Lipinski definition) is 1. The minimum atomic E-state index is 0.531. The van der Waals surface area contributed by atoms with Gasteiger partial charge in [0.1, 0.15) is 6.61 Å². The van der Waals surface area contributed by atoms with Crippen LogP contribution >= 0.6 is 0 Å². The van der Waals surface area contributed by atoms with Crippen molar-refractivity contribution in [3.05, 3.63) is 29.8 Å². The molecule has 4 heteroatoms. The molecule has 23 heavy (non-hydrogen) atoms. The van der Waals surface area contributed by atoms with Crippen molar-refractivity contribution in [3.8, 4) is 11.5 Å². The maximum Gasteiger partial charge on any atom is 0.161 e. The molecule has 0 unspecified atom stereocenters. The van der Waals surface area contributed by atoms with Crippen molar-refractivity contribution in [3.63, 3.8) is 0 Å². The largest absolute Gasteiger partial charge is 0.493 e. The zero-order valence-electron chi connectivity index (χ0n) is 14.3. The van der Waals surface area contributed by atoms with Gasteiger partial charge in [-0.05, 0) is 37.5 Å². The summed E-state index contributed by atoms with van der Waals surface area (Å²) < 4.78 is 16.7. The van der Waals surface area contributed by atoms with Gasteiger partial charge in [-0.3, -0.25) is 0 Å². The fourth-order valence-corrected chi connectivity index (χ4v) is 2.88. The summed E-state index contributed by atoms with van der Waals surface area (Å²) >= 11 is 0. The molecule has 1 saturated carbocycles. The highest BCUT2D eigenvalue weighted by molar-refractivity contribution is 5.55. The third-order valence-corrected chi connectivity index (χ3v) is 4.07. The van der Waals surface area contributed by atoms with Gasteiger partial charge in [0, 0.05) is 12.6 Å². The van der Waals surface area contributed by atoms with Crippen LogP contribution in [0.4, 0.5) is 0 Å². The van der Waals surface area contributed by atoms with Gasteiger partial charge in [-0.15, -0.1) is 0 Å². The van der Waals surface area contributed by atoms with Crippen LogP contribution in [0, 0.1) is 0 Å². The Morgan fingerprint density at radius 3 is 2.70 bits per heavy atom. The fraction of sp³-hybridized carbons (Fsp3) is 0.579. The molecule has 0 spiro atoms. The predicted octanol–water partition coefficient (Wildman–Crippen LogP) is 3.66. The number of ether oxygens (including phenoxy) is 3. The summed E-state index contributed by atoms with van der Waals surface area (Å²) in [4.78, 5) is 0. The Balaban J connectivity index is 1.61. The second-order valence-electron chi connectivity index (χ2n) is 5.81. The van der Waals surface area contributed by atoms with Crippen LogP contribution in [-0.4, -0.2) is 39.5 Å². The Morgan fingerprint density at radius 1 is 1.13 bits per heavy atom. The predicted molar refractivity (Wildman–Crippen MR) is 94.3 cm³/mol. The molecule has 1 aliphatic carbocycles. The molecule has 0 radical (unpaired) electrons. The Morgan fingerprint density at radius 2 is 1.96 bits per heavy atom. The molecule has 0 atom stereocenters. The molecule has 1 N–H and O–H groups in total. The third-order valence-electron chi connectivity index (χ3n) is 4.07. The van der Waals surface area contributed by atoms with Crippen LogP contribution in [-0.2, 0) is 4.74 Å². The Labute approximate surface area is 139 Å². The molecule has 0 bridgehead atoms. The van der Waals surface area contributed by atoms with E-state index in [9.17, 15) is 0 Å². The molecule has 1 aromatic rings. The zero-order valence-corrected chi connectivity index (χ0v) is 14.3. The highest BCUT2D eigenvalue weighted by Crippen LogP contribution is 2.28. The van der Waals surface area contributed by atoms with Gasteiger partial charge in [-0.2, -0.15) is 0 Å². The van der Waals surface area contributed by atoms with Crippen molar-refractivity contribution in [1.82, 2.24) is 5.32 Å². The van der Waals surface area contributed by atoms with E-state index in [1.54, 1.807) is 7.11 Å². The Kier molecular flexibility index (Phi) is 7.98. The second kappa shape index (κ2) is 10.3. The number of methoxy groups -OCH3 is 1. The smallest absolute Gasteiger partial charge is 0.161 e. The first-order valence-electron chi connectivity index (χ1n) is 8.58. The lowest BCUT2D eigenvalue weighted by Crippen LogP contribution is -2.29. The number of nitrogens with one attached hydrogen (secondary N) is 1. The molecule has 1 aromatic carbocycles. The third kappa shape index (κ3) is 6.24. The number of hydrogen-bond acceptors (Lipinski definition) is 4. The molecule has 128 valence electrons. The molecule has 0 heterocycles. The molecule has 4 nitrogen and oxygen atoms in total. The highest BCUT2D eigenvalue weighted by atomic mass is 16.5. The quantitative estimate of drug-likeness (QED) is 0.668. The first kappa shape index (κ1) is 17.8. The van der Waals surface area contributed by atoms with E-state index in [0.717, 1.165) is 30.2 Å². The lowest BCUT2D eigenvalue weighted by molar-refractivity contribution is 0.0993. The van der Waals surface area contributed by atoms with Crippen molar-refractivity contribution in [2.75, 3.05) is 33.5 Å². The van der Waals surface area contributed by atoms with Crippen LogP contribution in [0.1, 0.15) is 38.2 Å². The minimum Gasteiger partial charge on any atom is -0.493 e. The van der Waals surface area contributed by atoms with Crippen molar-refractivity contribution < 1.29 is 14.2 Å². The molecule has 0 saturated heterocycles. The monoisotopic (exact) mass is 319 g/mol. The van der Waals surface area contributed by atoms with Gasteiger partial charge in [0.25, 0.3) is 0 Å². The second-order valence-corrected chi connectivity index (χ2v) is 5.81. The van der Waals surface area contributed by atoms with Crippen LogP contribution in [0.25, 0.3) is 6.08 Å². The van der Waals surface area contributed by atoms with Crippen LogP contribution in [0.3, 0.4) is 0 Å². The standard InChI is InChI=1S/C19H29NO3/c1-3-6-16-9-10-18(19(15-16)21-2)23-14-13-22-12-11-20-17-7-4-5-8-17/h3,6,9-10,15,17,20H,4-5,7-8,11-14H2,1-2H3. The number of rotatable bonds is 10. The van der Waals surface area contributed by atoms with Gasteiger partial charge in [0.15, 0.2) is 11.5 Å². The lowest BCUT2D eigenvalue weighted by Gasteiger charge is -2.13. The fourth-order valence-electron chi connectivity index (χ4n) is 2.88. The summed E-state index contributed by atoms with van der Waals surface area (Å²) in [5.74, 6) is 1.51. The zero-order chi connectivity index (χ0) is 16.3. The molecule has 1 aliphatic rings. The van der Waals surface area contributed by atoms with Crippen LogP contribution in [0.2, 0.25) is 0 Å². The Bertz CT molecular complexity index is 482. The molecular formula is C19H29NO3. The van der Waals surface area contributed by atoms with E-state index in [1.807, 2.05) is 37.3 Å². The highest BCUT2D eigenvalue weighted by Gasteiger charge is 2.13.